The number of amides is 1. The van der Waals surface area contributed by atoms with Crippen LogP contribution in [0.3, 0.4) is 0 Å². The van der Waals surface area contributed by atoms with Gasteiger partial charge in [0, 0.05) is 5.56 Å². The highest BCUT2D eigenvalue weighted by molar-refractivity contribution is 14.1. The van der Waals surface area contributed by atoms with E-state index >= 15 is 0 Å². The number of ether oxygens (including phenoxy) is 1. The molecule has 190 valence electrons. The third-order valence-electron chi connectivity index (χ3n) is 5.71. The van der Waals surface area contributed by atoms with Crippen LogP contribution in [-0.4, -0.2) is 27.1 Å². The molecule has 0 unspecified atom stereocenters. The third-order valence-corrected chi connectivity index (χ3v) is 7.75. The lowest BCUT2D eigenvalue weighted by Crippen LogP contribution is -2.21. The standard InChI is InChI=1S/C29H21IN2O5S/c1-36-26-19-20(18-25(30)28(26)37-38(34,35)23-15-9-4-10-16-23)17-24-27(21-11-5-2-6-12-21)31-32(29(24)33)22-13-7-3-8-14-22/h2-19H,1H3/b24-17-. The number of methoxy groups -OCH3 is 1. The summed E-state index contributed by atoms with van der Waals surface area (Å²) in [5, 5.41) is 6.02. The number of anilines is 1. The molecule has 38 heavy (non-hydrogen) atoms. The van der Waals surface area contributed by atoms with E-state index in [4.69, 9.17) is 8.92 Å². The summed E-state index contributed by atoms with van der Waals surface area (Å²) < 4.78 is 37.1. The predicted octanol–water partition coefficient (Wildman–Crippen LogP) is 5.90. The molecular formula is C29H21IN2O5S. The van der Waals surface area contributed by atoms with Gasteiger partial charge < -0.3 is 8.92 Å². The van der Waals surface area contributed by atoms with Gasteiger partial charge in [0.2, 0.25) is 0 Å². The van der Waals surface area contributed by atoms with Crippen LogP contribution in [0.15, 0.2) is 119 Å². The van der Waals surface area contributed by atoms with Crippen molar-refractivity contribution in [2.24, 2.45) is 5.10 Å². The van der Waals surface area contributed by atoms with E-state index in [9.17, 15) is 13.2 Å². The predicted molar refractivity (Wildman–Crippen MR) is 155 cm³/mol. The first-order valence-electron chi connectivity index (χ1n) is 11.5. The van der Waals surface area contributed by atoms with Gasteiger partial charge in [-0.05, 0) is 70.6 Å². The number of rotatable bonds is 7. The summed E-state index contributed by atoms with van der Waals surface area (Å²) in [6.07, 6.45) is 1.72. The van der Waals surface area contributed by atoms with Crippen molar-refractivity contribution in [3.63, 3.8) is 0 Å². The van der Waals surface area contributed by atoms with Gasteiger partial charge in [-0.25, -0.2) is 0 Å². The van der Waals surface area contributed by atoms with Crippen molar-refractivity contribution in [2.75, 3.05) is 12.1 Å². The molecule has 9 heteroatoms. The van der Waals surface area contributed by atoms with Gasteiger partial charge in [-0.15, -0.1) is 0 Å². The van der Waals surface area contributed by atoms with Gasteiger partial charge >= 0.3 is 10.1 Å². The molecule has 1 heterocycles. The van der Waals surface area contributed by atoms with Crippen molar-refractivity contribution < 1.29 is 22.1 Å². The molecule has 1 aliphatic rings. The van der Waals surface area contributed by atoms with Crippen LogP contribution >= 0.6 is 22.6 Å². The molecule has 0 aromatic heterocycles. The maximum atomic E-state index is 13.6. The number of carbonyl (C=O) groups is 1. The molecule has 0 spiro atoms. The van der Waals surface area contributed by atoms with Crippen LogP contribution in [0.25, 0.3) is 6.08 Å². The van der Waals surface area contributed by atoms with Gasteiger partial charge in [0.15, 0.2) is 11.5 Å². The Bertz CT molecular complexity index is 1660. The van der Waals surface area contributed by atoms with Gasteiger partial charge in [-0.3, -0.25) is 4.79 Å². The zero-order valence-electron chi connectivity index (χ0n) is 20.1. The van der Waals surface area contributed by atoms with E-state index in [0.717, 1.165) is 5.56 Å². The van der Waals surface area contributed by atoms with E-state index in [0.29, 0.717) is 26.1 Å². The zero-order chi connectivity index (χ0) is 26.7. The summed E-state index contributed by atoms with van der Waals surface area (Å²) in [5.74, 6) is 0.00235. The molecule has 5 rings (SSSR count). The van der Waals surface area contributed by atoms with Crippen molar-refractivity contribution in [3.05, 3.63) is 123 Å². The van der Waals surface area contributed by atoms with Gasteiger partial charge in [-0.1, -0.05) is 66.7 Å². The topological polar surface area (TPSA) is 85.3 Å². The lowest BCUT2D eigenvalue weighted by atomic mass is 10.00. The van der Waals surface area contributed by atoms with Crippen LogP contribution < -0.4 is 13.9 Å². The Hall–Kier alpha value is -3.96. The van der Waals surface area contributed by atoms with Gasteiger partial charge in [0.05, 0.1) is 21.9 Å². The van der Waals surface area contributed by atoms with E-state index in [1.54, 1.807) is 36.4 Å². The van der Waals surface area contributed by atoms with Crippen LogP contribution in [-0.2, 0) is 14.9 Å². The Morgan fingerprint density at radius 2 is 1.47 bits per heavy atom. The number of hydrazone groups is 1. The summed E-state index contributed by atoms with van der Waals surface area (Å²) in [4.78, 5) is 13.6. The second-order valence-corrected chi connectivity index (χ2v) is 10.9. The molecule has 0 bridgehead atoms. The van der Waals surface area contributed by atoms with E-state index in [2.05, 4.69) is 5.10 Å². The Balaban J connectivity index is 1.56. The number of nitrogens with zero attached hydrogens (tertiary/aromatic N) is 2. The Labute approximate surface area is 234 Å². The molecule has 7 nitrogen and oxygen atoms in total. The molecule has 0 atom stereocenters. The molecule has 1 aliphatic heterocycles. The van der Waals surface area contributed by atoms with Crippen LogP contribution in [0.5, 0.6) is 11.5 Å². The first kappa shape index (κ1) is 25.7. The van der Waals surface area contributed by atoms with Crippen molar-refractivity contribution >= 4 is 56.1 Å². The number of benzene rings is 4. The monoisotopic (exact) mass is 636 g/mol. The Morgan fingerprint density at radius 3 is 2.11 bits per heavy atom. The smallest absolute Gasteiger partial charge is 0.339 e. The van der Waals surface area contributed by atoms with E-state index in [1.165, 1.54) is 24.3 Å². The van der Waals surface area contributed by atoms with E-state index in [1.807, 2.05) is 83.3 Å². The second kappa shape index (κ2) is 10.8. The average molecular weight is 636 g/mol. The van der Waals surface area contributed by atoms with Crippen LogP contribution in [0.1, 0.15) is 11.1 Å². The number of hydrogen-bond donors (Lipinski definition) is 0. The van der Waals surface area contributed by atoms with Crippen LogP contribution in [0, 0.1) is 3.57 Å². The molecule has 0 radical (unpaired) electrons. The van der Waals surface area contributed by atoms with Gasteiger partial charge in [0.1, 0.15) is 10.6 Å². The number of carbonyl (C=O) groups excluding carboxylic acids is 1. The fourth-order valence-corrected chi connectivity index (χ4v) is 5.78. The fourth-order valence-electron chi connectivity index (χ4n) is 3.91. The first-order chi connectivity index (χ1) is 18.4. The maximum Gasteiger partial charge on any atom is 0.339 e. The molecule has 4 aromatic rings. The first-order valence-corrected chi connectivity index (χ1v) is 14.0. The summed E-state index contributed by atoms with van der Waals surface area (Å²) in [6.45, 7) is 0. The van der Waals surface area contributed by atoms with Crippen molar-refractivity contribution in [1.82, 2.24) is 0 Å². The maximum absolute atomic E-state index is 13.6. The number of halogens is 1. The highest BCUT2D eigenvalue weighted by Gasteiger charge is 2.32. The van der Waals surface area contributed by atoms with Gasteiger partial charge in [0.25, 0.3) is 5.91 Å². The fraction of sp³-hybridized carbons (Fsp3) is 0.0345. The summed E-state index contributed by atoms with van der Waals surface area (Å²) in [5.41, 5.74) is 2.99. The minimum absolute atomic E-state index is 0.0327. The average Bonchev–Trinajstić information content (AvgIpc) is 3.27. The summed E-state index contributed by atoms with van der Waals surface area (Å²) >= 11 is 1.99. The lowest BCUT2D eigenvalue weighted by molar-refractivity contribution is -0.114. The van der Waals surface area contributed by atoms with Gasteiger partial charge in [-0.2, -0.15) is 18.5 Å². The molecule has 0 saturated carbocycles. The highest BCUT2D eigenvalue weighted by Crippen LogP contribution is 2.37. The zero-order valence-corrected chi connectivity index (χ0v) is 23.1. The minimum atomic E-state index is -4.08. The molecule has 0 saturated heterocycles. The molecule has 0 N–H and O–H groups in total. The third kappa shape index (κ3) is 5.20. The lowest BCUT2D eigenvalue weighted by Gasteiger charge is -2.14. The molecule has 0 fully saturated rings. The van der Waals surface area contributed by atoms with Crippen molar-refractivity contribution in [3.8, 4) is 11.5 Å². The van der Waals surface area contributed by atoms with Crippen LogP contribution in [0.2, 0.25) is 0 Å². The minimum Gasteiger partial charge on any atom is -0.493 e. The largest absolute Gasteiger partial charge is 0.493 e. The summed E-state index contributed by atoms with van der Waals surface area (Å²) in [6, 6.07) is 29.9. The SMILES string of the molecule is COc1cc(/C=C2\C(=O)N(c3ccccc3)N=C2c2ccccc2)cc(I)c1OS(=O)(=O)c1ccccc1. The normalized spacial score (nSPS) is 14.5. The highest BCUT2D eigenvalue weighted by atomic mass is 127. The molecule has 4 aromatic carbocycles. The van der Waals surface area contributed by atoms with Crippen LogP contribution in [0.4, 0.5) is 5.69 Å². The molecular weight excluding hydrogens is 615 g/mol. The molecule has 0 aliphatic carbocycles. The Morgan fingerprint density at radius 1 is 0.868 bits per heavy atom. The van der Waals surface area contributed by atoms with Crippen molar-refractivity contribution in [1.29, 1.82) is 0 Å². The number of para-hydroxylation sites is 1. The van der Waals surface area contributed by atoms with Crippen molar-refractivity contribution in [2.45, 2.75) is 4.90 Å². The molecule has 1 amide bonds. The van der Waals surface area contributed by atoms with E-state index in [-0.39, 0.29) is 22.3 Å². The quantitative estimate of drug-likeness (QED) is 0.143. The second-order valence-electron chi connectivity index (χ2n) is 8.21. The van der Waals surface area contributed by atoms with E-state index < -0.39 is 10.1 Å². The number of hydrogen-bond acceptors (Lipinski definition) is 6. The Kier molecular flexibility index (Phi) is 7.30. The summed E-state index contributed by atoms with van der Waals surface area (Å²) in [7, 11) is -2.65.